The van der Waals surface area contributed by atoms with Crippen LogP contribution in [0.5, 0.6) is 0 Å². The van der Waals surface area contributed by atoms with Gasteiger partial charge in [0.15, 0.2) is 12.8 Å². The van der Waals surface area contributed by atoms with Gasteiger partial charge in [0.1, 0.15) is 23.9 Å². The summed E-state index contributed by atoms with van der Waals surface area (Å²) >= 11 is 3.16. The number of aromatic nitrogens is 8. The van der Waals surface area contributed by atoms with E-state index in [2.05, 4.69) is 173 Å². The second-order valence-electron chi connectivity index (χ2n) is 16.9. The Labute approximate surface area is 419 Å². The van der Waals surface area contributed by atoms with E-state index in [1.807, 2.05) is 58.7 Å². The number of pyridine rings is 4. The molecule has 72 heavy (non-hydrogen) atoms. The quantitative estimate of drug-likeness (QED) is 0.136. The van der Waals surface area contributed by atoms with Gasteiger partial charge in [0.05, 0.1) is 45.2 Å². The molecule has 14 rings (SSSR count). The zero-order valence-corrected chi connectivity index (χ0v) is 39.6. The van der Waals surface area contributed by atoms with Crippen LogP contribution >= 0.6 is 22.7 Å². The number of fused-ring (bicyclic) bond motifs is 4. The number of hydrogen-bond donors (Lipinski definition) is 0. The van der Waals surface area contributed by atoms with Crippen molar-refractivity contribution in [3.8, 4) is 90.1 Å². The van der Waals surface area contributed by atoms with Crippen molar-refractivity contribution in [1.29, 1.82) is 0 Å². The van der Waals surface area contributed by atoms with Gasteiger partial charge in [0.2, 0.25) is 0 Å². The maximum Gasteiger partial charge on any atom is 0.181 e. The van der Waals surface area contributed by atoms with E-state index in [4.69, 9.17) is 8.83 Å². The van der Waals surface area contributed by atoms with Gasteiger partial charge in [-0.3, -0.25) is 19.9 Å². The standard InChI is InChI=1S/C30H18N4O2.C30H18N4S2/c2*1-2-6-22-21(5-1)29(19-9-11-31-25(13-19)27-15-35-17-33-27)23-7-3-4-8-24(23)30(22)20-10-12-32-26(14-20)28-16-36-18-34-28/h2*1-18H. The van der Waals surface area contributed by atoms with Crippen LogP contribution in [0.3, 0.4) is 0 Å². The van der Waals surface area contributed by atoms with Crippen LogP contribution in [0.1, 0.15) is 0 Å². The summed E-state index contributed by atoms with van der Waals surface area (Å²) in [6, 6.07) is 51.1. The summed E-state index contributed by atoms with van der Waals surface area (Å²) in [7, 11) is 0. The summed E-state index contributed by atoms with van der Waals surface area (Å²) in [5, 5.41) is 13.5. The molecular weight excluding hydrogens is 929 g/mol. The predicted molar refractivity (Wildman–Crippen MR) is 289 cm³/mol. The Balaban J connectivity index is 0.000000140. The molecule has 0 saturated carbocycles. The molecule has 0 fully saturated rings. The van der Waals surface area contributed by atoms with Crippen molar-refractivity contribution in [1.82, 2.24) is 39.9 Å². The van der Waals surface area contributed by atoms with Crippen molar-refractivity contribution >= 4 is 65.8 Å². The largest absolute Gasteiger partial charge is 0.451 e. The van der Waals surface area contributed by atoms with Gasteiger partial charge >= 0.3 is 0 Å². The summed E-state index contributed by atoms with van der Waals surface area (Å²) in [6.45, 7) is 0. The van der Waals surface area contributed by atoms with Crippen LogP contribution in [-0.4, -0.2) is 39.9 Å². The minimum Gasteiger partial charge on any atom is -0.451 e. The maximum atomic E-state index is 5.19. The highest BCUT2D eigenvalue weighted by Crippen LogP contribution is 2.46. The van der Waals surface area contributed by atoms with Crippen LogP contribution < -0.4 is 0 Å². The van der Waals surface area contributed by atoms with E-state index in [1.165, 1.54) is 45.5 Å². The molecule has 14 aromatic rings. The summed E-state index contributed by atoms with van der Waals surface area (Å²) in [4.78, 5) is 35.8. The third-order valence-electron chi connectivity index (χ3n) is 12.8. The van der Waals surface area contributed by atoms with E-state index >= 15 is 0 Å². The Morgan fingerprint density at radius 3 is 0.792 bits per heavy atom. The fraction of sp³-hybridized carbons (Fsp3) is 0. The molecule has 0 N–H and O–H groups in total. The lowest BCUT2D eigenvalue weighted by atomic mass is 9.86. The summed E-state index contributed by atoms with van der Waals surface area (Å²) in [5.74, 6) is 0. The first-order chi connectivity index (χ1) is 35.7. The molecule has 10 nitrogen and oxygen atoms in total. The fourth-order valence-electron chi connectivity index (χ4n) is 9.76. The molecule has 0 radical (unpaired) electrons. The molecule has 0 amide bonds. The predicted octanol–water partition coefficient (Wildman–Crippen LogP) is 15.8. The van der Waals surface area contributed by atoms with Gasteiger partial charge in [-0.1, -0.05) is 97.1 Å². The average molecular weight is 965 g/mol. The Hall–Kier alpha value is -9.36. The molecule has 0 saturated heterocycles. The van der Waals surface area contributed by atoms with E-state index in [1.54, 1.807) is 35.2 Å². The zero-order valence-electron chi connectivity index (χ0n) is 38.0. The summed E-state index contributed by atoms with van der Waals surface area (Å²) in [6.07, 6.45) is 13.5. The Morgan fingerprint density at radius 2 is 0.556 bits per heavy atom. The number of oxazole rings is 2. The van der Waals surface area contributed by atoms with E-state index in [0.717, 1.165) is 89.1 Å². The normalized spacial score (nSPS) is 11.3. The molecule has 0 aliphatic rings. The second kappa shape index (κ2) is 18.5. The number of hydrogen-bond acceptors (Lipinski definition) is 12. The van der Waals surface area contributed by atoms with Crippen molar-refractivity contribution in [3.05, 3.63) is 217 Å². The summed E-state index contributed by atoms with van der Waals surface area (Å²) < 4.78 is 10.4. The third-order valence-corrected chi connectivity index (χ3v) is 14.0. The van der Waals surface area contributed by atoms with E-state index < -0.39 is 0 Å². The zero-order chi connectivity index (χ0) is 47.8. The smallest absolute Gasteiger partial charge is 0.181 e. The van der Waals surface area contributed by atoms with Crippen LogP contribution in [0.25, 0.3) is 133 Å². The van der Waals surface area contributed by atoms with Gasteiger partial charge in [-0.15, -0.1) is 22.7 Å². The molecule has 8 aromatic heterocycles. The molecule has 0 aliphatic heterocycles. The SMILES string of the molecule is c1ccc2c(-c3ccnc(-c4cocn4)c3)c3ccccc3c(-c3ccnc(-c4cocn4)c3)c2c1.c1ccc2c(-c3ccnc(-c4cscn4)c3)c3ccccc3c(-c3ccnc(-c4cscn4)c3)c2c1. The van der Waals surface area contributed by atoms with Crippen molar-refractivity contribution < 1.29 is 8.83 Å². The van der Waals surface area contributed by atoms with Gasteiger partial charge < -0.3 is 8.83 Å². The first-order valence-electron chi connectivity index (χ1n) is 23.0. The first-order valence-corrected chi connectivity index (χ1v) is 24.9. The lowest BCUT2D eigenvalue weighted by Gasteiger charge is -2.18. The van der Waals surface area contributed by atoms with Crippen molar-refractivity contribution in [2.24, 2.45) is 0 Å². The Bertz CT molecular complexity index is 3580. The number of thiazole rings is 2. The molecular formula is C60H36N8O2S2. The highest BCUT2D eigenvalue weighted by molar-refractivity contribution is 7.08. The molecule has 12 heteroatoms. The van der Waals surface area contributed by atoms with Crippen LogP contribution in [-0.2, 0) is 0 Å². The molecule has 0 unspecified atom stereocenters. The van der Waals surface area contributed by atoms with Gasteiger partial charge in [0.25, 0.3) is 0 Å². The molecule has 6 aromatic carbocycles. The van der Waals surface area contributed by atoms with Crippen LogP contribution in [0, 0.1) is 0 Å². The van der Waals surface area contributed by atoms with Gasteiger partial charge in [-0.05, 0) is 136 Å². The lowest BCUT2D eigenvalue weighted by molar-refractivity contribution is 0.558. The molecule has 8 heterocycles. The molecule has 0 aliphatic carbocycles. The Kier molecular flexibility index (Phi) is 11.0. The van der Waals surface area contributed by atoms with Gasteiger partial charge in [-0.2, -0.15) is 0 Å². The fourth-order valence-corrected chi connectivity index (χ4v) is 10.9. The molecule has 340 valence electrons. The van der Waals surface area contributed by atoms with Crippen molar-refractivity contribution in [2.45, 2.75) is 0 Å². The Morgan fingerprint density at radius 1 is 0.278 bits per heavy atom. The van der Waals surface area contributed by atoms with E-state index in [9.17, 15) is 0 Å². The third kappa shape index (κ3) is 7.77. The molecule has 0 atom stereocenters. The number of rotatable bonds is 8. The van der Waals surface area contributed by atoms with E-state index in [0.29, 0.717) is 11.4 Å². The highest BCUT2D eigenvalue weighted by Gasteiger charge is 2.20. The number of benzene rings is 6. The van der Waals surface area contributed by atoms with Crippen molar-refractivity contribution in [2.75, 3.05) is 0 Å². The average Bonchev–Trinajstić information content (AvgIpc) is 4.32. The maximum absolute atomic E-state index is 5.19. The minimum absolute atomic E-state index is 0.708. The second-order valence-corrected chi connectivity index (χ2v) is 18.3. The monoisotopic (exact) mass is 964 g/mol. The van der Waals surface area contributed by atoms with Crippen LogP contribution in [0.15, 0.2) is 226 Å². The topological polar surface area (TPSA) is 129 Å². The minimum atomic E-state index is 0.708. The molecule has 0 spiro atoms. The van der Waals surface area contributed by atoms with E-state index in [-0.39, 0.29) is 0 Å². The summed E-state index contributed by atoms with van der Waals surface area (Å²) in [5.41, 5.74) is 19.3. The lowest BCUT2D eigenvalue weighted by Crippen LogP contribution is -1.93. The van der Waals surface area contributed by atoms with Crippen LogP contribution in [0.4, 0.5) is 0 Å². The highest BCUT2D eigenvalue weighted by atomic mass is 32.1. The molecule has 0 bridgehead atoms. The van der Waals surface area contributed by atoms with Gasteiger partial charge in [0, 0.05) is 35.5 Å². The van der Waals surface area contributed by atoms with Crippen LogP contribution in [0.2, 0.25) is 0 Å². The van der Waals surface area contributed by atoms with Crippen molar-refractivity contribution in [3.63, 3.8) is 0 Å². The van der Waals surface area contributed by atoms with Gasteiger partial charge in [-0.25, -0.2) is 19.9 Å². The first kappa shape index (κ1) is 42.7. The number of nitrogens with zero attached hydrogens (tertiary/aromatic N) is 8.